The maximum Gasteiger partial charge on any atom is 0.204 e. The molecule has 126 valence electrons. The third-order valence-corrected chi connectivity index (χ3v) is 3.57. The van der Waals surface area contributed by atoms with Gasteiger partial charge >= 0.3 is 0 Å². The van der Waals surface area contributed by atoms with E-state index in [-0.39, 0.29) is 0 Å². The van der Waals surface area contributed by atoms with Gasteiger partial charge in [0, 0.05) is 12.0 Å². The normalized spacial score (nSPS) is 11.0. The number of tetrazole rings is 2. The number of ether oxygens (including phenoxy) is 1. The van der Waals surface area contributed by atoms with Crippen LogP contribution in [0, 0.1) is 13.8 Å². The minimum absolute atomic E-state index is 0.600. The van der Waals surface area contributed by atoms with Gasteiger partial charge in [-0.25, -0.2) is 0 Å². The van der Waals surface area contributed by atoms with Crippen molar-refractivity contribution >= 4 is 0 Å². The first kappa shape index (κ1) is 16.0. The first-order valence-corrected chi connectivity index (χ1v) is 7.74. The highest BCUT2D eigenvalue weighted by Gasteiger charge is 2.11. The summed E-state index contributed by atoms with van der Waals surface area (Å²) in [5, 5.41) is 24.1. The van der Waals surface area contributed by atoms with Crippen LogP contribution in [0.3, 0.4) is 0 Å². The van der Waals surface area contributed by atoms with Gasteiger partial charge in [0.15, 0.2) is 5.82 Å². The van der Waals surface area contributed by atoms with E-state index in [1.54, 1.807) is 14.1 Å². The van der Waals surface area contributed by atoms with Gasteiger partial charge in [-0.15, -0.1) is 20.4 Å². The summed E-state index contributed by atoms with van der Waals surface area (Å²) >= 11 is 0. The zero-order chi connectivity index (χ0) is 17.1. The molecule has 9 heteroatoms. The summed E-state index contributed by atoms with van der Waals surface area (Å²) in [7, 11) is 3.51. The number of nitrogens with zero attached hydrogens (tertiary/aromatic N) is 8. The van der Waals surface area contributed by atoms with E-state index in [2.05, 4.69) is 30.8 Å². The fraction of sp³-hybridized carbons (Fsp3) is 0.467. The molecule has 0 bridgehead atoms. The van der Waals surface area contributed by atoms with Crippen LogP contribution in [0.4, 0.5) is 0 Å². The van der Waals surface area contributed by atoms with Gasteiger partial charge in [-0.1, -0.05) is 0 Å². The Morgan fingerprint density at radius 1 is 0.958 bits per heavy atom. The first-order valence-electron chi connectivity index (χ1n) is 7.74. The number of hydrogen-bond donors (Lipinski definition) is 0. The molecule has 0 saturated heterocycles. The van der Waals surface area contributed by atoms with Crippen LogP contribution in [-0.4, -0.2) is 47.0 Å². The molecule has 0 saturated carbocycles. The fourth-order valence-electron chi connectivity index (χ4n) is 2.53. The number of aromatic nitrogens is 8. The summed E-state index contributed by atoms with van der Waals surface area (Å²) in [5.74, 6) is 2.25. The summed E-state index contributed by atoms with van der Waals surface area (Å²) in [6, 6.07) is 4.03. The Morgan fingerprint density at radius 3 is 2.21 bits per heavy atom. The second-order valence-electron chi connectivity index (χ2n) is 5.69. The highest BCUT2D eigenvalue weighted by molar-refractivity contribution is 5.60. The fourth-order valence-corrected chi connectivity index (χ4v) is 2.53. The molecule has 0 spiro atoms. The Balaban J connectivity index is 1.63. The lowest BCUT2D eigenvalue weighted by atomic mass is 10.1. The van der Waals surface area contributed by atoms with E-state index in [1.807, 2.05) is 26.0 Å². The molecule has 0 radical (unpaired) electrons. The van der Waals surface area contributed by atoms with Crippen LogP contribution in [-0.2, 0) is 20.5 Å². The standard InChI is InChI=1S/C15H20N8O/c1-10-8-12(15-17-21-23(4)19-15)9-11(2)14(10)24-7-5-6-13-16-20-22(3)18-13/h8-9H,5-7H2,1-4H3. The van der Waals surface area contributed by atoms with Crippen molar-refractivity contribution in [3.63, 3.8) is 0 Å². The zero-order valence-electron chi connectivity index (χ0n) is 14.3. The minimum Gasteiger partial charge on any atom is -0.493 e. The Labute approximate surface area is 139 Å². The van der Waals surface area contributed by atoms with Crippen LogP contribution in [0.1, 0.15) is 23.4 Å². The molecule has 0 unspecified atom stereocenters. The van der Waals surface area contributed by atoms with E-state index in [9.17, 15) is 0 Å². The maximum atomic E-state index is 5.95. The van der Waals surface area contributed by atoms with E-state index in [0.29, 0.717) is 12.4 Å². The van der Waals surface area contributed by atoms with Crippen LogP contribution in [0.25, 0.3) is 11.4 Å². The maximum absolute atomic E-state index is 5.95. The summed E-state index contributed by atoms with van der Waals surface area (Å²) in [4.78, 5) is 2.91. The molecular formula is C15H20N8O. The third-order valence-electron chi connectivity index (χ3n) is 3.57. The topological polar surface area (TPSA) is 96.4 Å². The van der Waals surface area contributed by atoms with Crippen molar-refractivity contribution in [1.29, 1.82) is 0 Å². The van der Waals surface area contributed by atoms with Gasteiger partial charge in [-0.2, -0.15) is 9.59 Å². The van der Waals surface area contributed by atoms with E-state index in [1.165, 1.54) is 9.59 Å². The molecule has 24 heavy (non-hydrogen) atoms. The zero-order valence-corrected chi connectivity index (χ0v) is 14.3. The second-order valence-corrected chi connectivity index (χ2v) is 5.69. The highest BCUT2D eigenvalue weighted by atomic mass is 16.5. The second kappa shape index (κ2) is 6.73. The number of benzene rings is 1. The lowest BCUT2D eigenvalue weighted by molar-refractivity contribution is 0.306. The van der Waals surface area contributed by atoms with E-state index in [4.69, 9.17) is 4.74 Å². The van der Waals surface area contributed by atoms with Crippen molar-refractivity contribution in [1.82, 2.24) is 40.4 Å². The van der Waals surface area contributed by atoms with Crippen molar-refractivity contribution < 1.29 is 4.74 Å². The SMILES string of the molecule is Cc1cc(-c2nnn(C)n2)cc(C)c1OCCCc1nnn(C)n1. The smallest absolute Gasteiger partial charge is 0.204 e. The Kier molecular flexibility index (Phi) is 4.50. The molecule has 0 aliphatic heterocycles. The van der Waals surface area contributed by atoms with Gasteiger partial charge in [0.1, 0.15) is 5.75 Å². The molecule has 0 N–H and O–H groups in total. The van der Waals surface area contributed by atoms with E-state index >= 15 is 0 Å². The first-order chi connectivity index (χ1) is 11.5. The molecule has 1 aromatic carbocycles. The van der Waals surface area contributed by atoms with Crippen LogP contribution >= 0.6 is 0 Å². The van der Waals surface area contributed by atoms with E-state index in [0.717, 1.165) is 41.1 Å². The van der Waals surface area contributed by atoms with Gasteiger partial charge in [-0.3, -0.25) is 0 Å². The molecule has 0 aliphatic rings. The molecule has 0 aliphatic carbocycles. The van der Waals surface area contributed by atoms with Gasteiger partial charge in [-0.05, 0) is 54.0 Å². The van der Waals surface area contributed by atoms with E-state index < -0.39 is 0 Å². The van der Waals surface area contributed by atoms with Gasteiger partial charge in [0.25, 0.3) is 0 Å². The quantitative estimate of drug-likeness (QED) is 0.623. The van der Waals surface area contributed by atoms with Gasteiger partial charge < -0.3 is 4.74 Å². The largest absolute Gasteiger partial charge is 0.493 e. The van der Waals surface area contributed by atoms with Crippen LogP contribution < -0.4 is 4.74 Å². The Hall–Kier alpha value is -2.84. The Bertz CT molecular complexity index is 815. The molecule has 0 amide bonds. The summed E-state index contributed by atoms with van der Waals surface area (Å²) in [6.07, 6.45) is 1.57. The van der Waals surface area contributed by atoms with Gasteiger partial charge in [0.05, 0.1) is 20.7 Å². The van der Waals surface area contributed by atoms with Crippen LogP contribution in [0.15, 0.2) is 12.1 Å². The summed E-state index contributed by atoms with van der Waals surface area (Å²) in [5.41, 5.74) is 3.04. The number of rotatable bonds is 6. The number of aryl methyl sites for hydroxylation is 5. The van der Waals surface area contributed by atoms with Crippen molar-refractivity contribution in [2.45, 2.75) is 26.7 Å². The monoisotopic (exact) mass is 328 g/mol. The summed E-state index contributed by atoms with van der Waals surface area (Å²) < 4.78 is 5.95. The predicted octanol–water partition coefficient (Wildman–Crippen LogP) is 1.03. The third kappa shape index (κ3) is 3.55. The average molecular weight is 328 g/mol. The van der Waals surface area contributed by atoms with Gasteiger partial charge in [0.2, 0.25) is 5.82 Å². The van der Waals surface area contributed by atoms with Crippen molar-refractivity contribution in [2.75, 3.05) is 6.61 Å². The summed E-state index contributed by atoms with van der Waals surface area (Å²) in [6.45, 7) is 4.64. The molecule has 3 rings (SSSR count). The molecule has 0 atom stereocenters. The molecule has 2 heterocycles. The van der Waals surface area contributed by atoms with Crippen LogP contribution in [0.5, 0.6) is 5.75 Å². The van der Waals surface area contributed by atoms with Crippen molar-refractivity contribution in [2.24, 2.45) is 14.1 Å². The van der Waals surface area contributed by atoms with Crippen LogP contribution in [0.2, 0.25) is 0 Å². The average Bonchev–Trinajstić information content (AvgIpc) is 3.14. The molecular weight excluding hydrogens is 308 g/mol. The minimum atomic E-state index is 0.600. The molecule has 3 aromatic rings. The van der Waals surface area contributed by atoms with Crippen molar-refractivity contribution in [3.8, 4) is 17.1 Å². The predicted molar refractivity (Wildman–Crippen MR) is 86.3 cm³/mol. The molecule has 9 nitrogen and oxygen atoms in total. The lowest BCUT2D eigenvalue weighted by Crippen LogP contribution is -2.03. The molecule has 2 aromatic heterocycles. The molecule has 0 fully saturated rings. The number of hydrogen-bond acceptors (Lipinski definition) is 7. The van der Waals surface area contributed by atoms with Crippen molar-refractivity contribution in [3.05, 3.63) is 29.1 Å². The lowest BCUT2D eigenvalue weighted by Gasteiger charge is -2.13. The highest BCUT2D eigenvalue weighted by Crippen LogP contribution is 2.28. The Morgan fingerprint density at radius 2 is 1.62 bits per heavy atom.